The highest BCUT2D eigenvalue weighted by molar-refractivity contribution is 9.11. The van der Waals surface area contributed by atoms with Gasteiger partial charge in [0.2, 0.25) is 0 Å². The Morgan fingerprint density at radius 2 is 1.42 bits per heavy atom. The van der Waals surface area contributed by atoms with Crippen LogP contribution in [0.3, 0.4) is 0 Å². The first-order chi connectivity index (χ1) is 24.4. The van der Waals surface area contributed by atoms with Crippen LogP contribution in [0.5, 0.6) is 0 Å². The summed E-state index contributed by atoms with van der Waals surface area (Å²) in [7, 11) is 0. The molecule has 0 N–H and O–H groups in total. The molecule has 0 saturated carbocycles. The Bertz CT molecular complexity index is 2090. The van der Waals surface area contributed by atoms with Gasteiger partial charge in [0.1, 0.15) is 33.1 Å². The third-order valence-electron chi connectivity index (χ3n) is 6.90. The number of hydrogen-bond donors (Lipinski definition) is 0. The largest absolute Gasteiger partial charge is 0.457 e. The number of ether oxygens (including phenoxy) is 2. The van der Waals surface area contributed by atoms with Gasteiger partial charge in [-0.1, -0.05) is 59.5 Å². The van der Waals surface area contributed by atoms with Gasteiger partial charge in [-0.2, -0.15) is 10.4 Å². The molecule has 0 spiro atoms. The number of aryl methyl sites for hydroxylation is 2. The molecule has 0 bridgehead atoms. The number of carbonyl (C=O) groups excluding carboxylic acids is 2. The van der Waals surface area contributed by atoms with Gasteiger partial charge in [0.15, 0.2) is 3.92 Å². The number of halogens is 2. The van der Waals surface area contributed by atoms with E-state index in [1.807, 2.05) is 97.9 Å². The Kier molecular flexibility index (Phi) is 13.3. The number of esters is 2. The Morgan fingerprint density at radius 3 is 1.90 bits per heavy atom. The van der Waals surface area contributed by atoms with Gasteiger partial charge in [0.25, 0.3) is 0 Å². The van der Waals surface area contributed by atoms with Crippen molar-refractivity contribution in [1.82, 2.24) is 10.2 Å². The zero-order chi connectivity index (χ0) is 38.2. The van der Waals surface area contributed by atoms with E-state index in [1.54, 1.807) is 35.0 Å². The molecule has 13 heteroatoms. The Morgan fingerprint density at radius 1 is 0.865 bits per heavy atom. The van der Waals surface area contributed by atoms with E-state index in [0.717, 1.165) is 47.3 Å². The lowest BCUT2D eigenvalue weighted by atomic mass is 10.1. The number of nitrogens with zero attached hydrogens (tertiary/aromatic N) is 5. The maximum Gasteiger partial charge on any atom is 0.331 e. The first kappa shape index (κ1) is 40.1. The molecule has 0 unspecified atom stereocenters. The predicted molar refractivity (Wildman–Crippen MR) is 211 cm³/mol. The molecule has 1 aromatic heterocycles. The summed E-state index contributed by atoms with van der Waals surface area (Å²) in [5.74, 6) is -0.692. The summed E-state index contributed by atoms with van der Waals surface area (Å²) in [5, 5.41) is 25.2. The summed E-state index contributed by atoms with van der Waals surface area (Å²) in [4.78, 5) is 23.5. The molecule has 1 aliphatic heterocycles. The van der Waals surface area contributed by atoms with Gasteiger partial charge in [-0.3, -0.25) is 5.01 Å². The maximum atomic E-state index is 13.6. The van der Waals surface area contributed by atoms with E-state index >= 15 is 0 Å². The number of carbonyl (C=O) groups is 2. The molecule has 0 fully saturated rings. The molecule has 0 aliphatic carbocycles. The van der Waals surface area contributed by atoms with Gasteiger partial charge in [0, 0.05) is 23.3 Å². The van der Waals surface area contributed by atoms with Crippen LogP contribution in [0.2, 0.25) is 0 Å². The van der Waals surface area contributed by atoms with Crippen LogP contribution >= 0.6 is 39.0 Å². The van der Waals surface area contributed by atoms with Crippen LogP contribution in [0, 0.1) is 31.0 Å². The zero-order valence-corrected chi connectivity index (χ0v) is 33.4. The monoisotopic (exact) mass is 803 g/mol. The van der Waals surface area contributed by atoms with Crippen LogP contribution in [0.4, 0.5) is 10.1 Å². The normalized spacial score (nSPS) is 13.1. The standard InChI is InChI=1S/C23H22FN3O2S.C16H17BrN2O2S/c1-15-11-16(6-10-21(28)29-23(2,3)4)5-8-19(15)22-26-27(14-30-22)18-7-9-20(24)17(12-18)13-25;1-10-9-11(6-8-13(20)21-16(2,3)4)5-7-12(10)14-18-19-15(17)22-14/h5-12H,14H2,1-4H3;5-9H,1-4H3. The fraction of sp³-hybridized carbons (Fsp3) is 0.282. The number of thioether (sulfide) groups is 1. The number of hydrazone groups is 1. The molecule has 0 saturated heterocycles. The molecule has 9 nitrogen and oxygen atoms in total. The van der Waals surface area contributed by atoms with E-state index in [2.05, 4.69) is 31.2 Å². The van der Waals surface area contributed by atoms with Crippen molar-refractivity contribution in [3.63, 3.8) is 0 Å². The Hall–Kier alpha value is -4.64. The van der Waals surface area contributed by atoms with Gasteiger partial charge >= 0.3 is 11.9 Å². The van der Waals surface area contributed by atoms with Crippen LogP contribution in [-0.4, -0.2) is 44.3 Å². The summed E-state index contributed by atoms with van der Waals surface area (Å²) in [5.41, 5.74) is 5.62. The molecule has 270 valence electrons. The van der Waals surface area contributed by atoms with Gasteiger partial charge in [-0.05, 0) is 124 Å². The van der Waals surface area contributed by atoms with Crippen molar-refractivity contribution in [1.29, 1.82) is 5.26 Å². The summed E-state index contributed by atoms with van der Waals surface area (Å²) >= 11 is 6.37. The van der Waals surface area contributed by atoms with Crippen molar-refractivity contribution in [2.45, 2.75) is 66.6 Å². The van der Waals surface area contributed by atoms with Crippen LogP contribution in [-0.2, 0) is 19.1 Å². The van der Waals surface area contributed by atoms with Gasteiger partial charge in [-0.15, -0.1) is 10.2 Å². The molecule has 52 heavy (non-hydrogen) atoms. The van der Waals surface area contributed by atoms with Crippen molar-refractivity contribution >= 4 is 73.9 Å². The topological polar surface area (TPSA) is 118 Å². The van der Waals surface area contributed by atoms with Gasteiger partial charge in [0.05, 0.1) is 17.1 Å². The number of benzene rings is 3. The average Bonchev–Trinajstić information content (AvgIpc) is 3.71. The first-order valence-electron chi connectivity index (χ1n) is 16.1. The van der Waals surface area contributed by atoms with Crippen molar-refractivity contribution in [2.24, 2.45) is 5.10 Å². The summed E-state index contributed by atoms with van der Waals surface area (Å²) in [6.45, 7) is 15.0. The highest BCUT2D eigenvalue weighted by Gasteiger charge is 2.21. The number of hydrogen-bond acceptors (Lipinski definition) is 11. The fourth-order valence-corrected chi connectivity index (χ4v) is 6.88. The lowest BCUT2D eigenvalue weighted by Crippen LogP contribution is -2.22. The second-order valence-corrected chi connectivity index (χ2v) is 16.8. The molecular weight excluding hydrogens is 765 g/mol. The minimum absolute atomic E-state index is 0.00143. The second-order valence-electron chi connectivity index (χ2n) is 13.6. The van der Waals surface area contributed by atoms with Gasteiger partial charge < -0.3 is 9.47 Å². The van der Waals surface area contributed by atoms with E-state index in [0.29, 0.717) is 11.6 Å². The second kappa shape index (κ2) is 17.3. The number of anilines is 1. The third-order valence-corrected chi connectivity index (χ3v) is 9.24. The van der Waals surface area contributed by atoms with E-state index in [4.69, 9.17) is 14.7 Å². The molecule has 0 atom stereocenters. The SMILES string of the molecule is Cc1cc(C=CC(=O)OC(C)(C)C)ccc1-c1nnc(Br)s1.Cc1cc(C=CC(=O)OC(C)(C)C)ccc1C1=NN(c2ccc(F)c(C#N)c2)CS1. The highest BCUT2D eigenvalue weighted by atomic mass is 79.9. The number of rotatable bonds is 7. The molecule has 0 radical (unpaired) electrons. The fourth-order valence-electron chi connectivity index (χ4n) is 4.69. The Labute approximate surface area is 320 Å². The van der Waals surface area contributed by atoms with Crippen molar-refractivity contribution in [3.8, 4) is 16.6 Å². The van der Waals surface area contributed by atoms with E-state index in [-0.39, 0.29) is 17.5 Å². The minimum atomic E-state index is -0.539. The van der Waals surface area contributed by atoms with Gasteiger partial charge in [-0.25, -0.2) is 14.0 Å². The molecule has 4 aromatic rings. The van der Waals surface area contributed by atoms with Crippen molar-refractivity contribution < 1.29 is 23.5 Å². The average molecular weight is 805 g/mol. The summed E-state index contributed by atoms with van der Waals surface area (Å²) in [6.07, 6.45) is 6.34. The van der Waals surface area contributed by atoms with E-state index in [1.165, 1.54) is 35.6 Å². The highest BCUT2D eigenvalue weighted by Crippen LogP contribution is 2.31. The maximum absolute atomic E-state index is 13.6. The first-order valence-corrected chi connectivity index (χ1v) is 18.7. The smallest absolute Gasteiger partial charge is 0.331 e. The predicted octanol–water partition coefficient (Wildman–Crippen LogP) is 9.86. The molecule has 5 rings (SSSR count). The van der Waals surface area contributed by atoms with Crippen LogP contribution in [0.1, 0.15) is 74.9 Å². The van der Waals surface area contributed by atoms with Crippen LogP contribution in [0.15, 0.2) is 75.8 Å². The van der Waals surface area contributed by atoms with Crippen LogP contribution < -0.4 is 5.01 Å². The van der Waals surface area contributed by atoms with Crippen molar-refractivity contribution in [3.05, 3.63) is 110 Å². The molecule has 3 aromatic carbocycles. The Balaban J connectivity index is 0.000000244. The number of aromatic nitrogens is 2. The van der Waals surface area contributed by atoms with Crippen LogP contribution in [0.25, 0.3) is 22.7 Å². The summed E-state index contributed by atoms with van der Waals surface area (Å²) < 4.78 is 24.8. The van der Waals surface area contributed by atoms with E-state index < -0.39 is 17.0 Å². The quantitative estimate of drug-likeness (QED) is 0.133. The summed E-state index contributed by atoms with van der Waals surface area (Å²) in [6, 6.07) is 18.0. The molecule has 1 aliphatic rings. The van der Waals surface area contributed by atoms with E-state index in [9.17, 15) is 14.0 Å². The molecule has 2 heterocycles. The van der Waals surface area contributed by atoms with Crippen molar-refractivity contribution in [2.75, 3.05) is 10.9 Å². The minimum Gasteiger partial charge on any atom is -0.457 e. The zero-order valence-electron chi connectivity index (χ0n) is 30.2. The third kappa shape index (κ3) is 12.0. The lowest BCUT2D eigenvalue weighted by molar-refractivity contribution is -0.149. The lowest BCUT2D eigenvalue weighted by Gasteiger charge is -2.17. The number of nitriles is 1. The molecular formula is C39H39BrFN5O4S2. The molecule has 0 amide bonds.